The smallest absolute Gasteiger partial charge is 0.319 e. The number of rotatable bonds is 8. The van der Waals surface area contributed by atoms with Gasteiger partial charge in [0.1, 0.15) is 0 Å². The first-order valence-electron chi connectivity index (χ1n) is 9.67. The molecular weight excluding hydrogens is 356 g/mol. The van der Waals surface area contributed by atoms with Gasteiger partial charge in [-0.15, -0.1) is 0 Å². The summed E-state index contributed by atoms with van der Waals surface area (Å²) in [6, 6.07) is 13.3. The maximum atomic E-state index is 12.6. The van der Waals surface area contributed by atoms with Gasteiger partial charge in [0, 0.05) is 44.4 Å². The van der Waals surface area contributed by atoms with E-state index in [1.165, 1.54) is 0 Å². The van der Waals surface area contributed by atoms with Gasteiger partial charge in [-0.3, -0.25) is 4.90 Å². The quantitative estimate of drug-likeness (QED) is 0.732. The number of carbonyl (C=O) groups excluding carboxylic acids is 1. The molecule has 0 radical (unpaired) electrons. The topological polar surface area (TPSA) is 75.7 Å². The maximum Gasteiger partial charge on any atom is 0.319 e. The van der Waals surface area contributed by atoms with Crippen LogP contribution in [0.2, 0.25) is 0 Å². The third-order valence-corrected chi connectivity index (χ3v) is 4.68. The molecule has 28 heavy (non-hydrogen) atoms. The number of anilines is 1. The van der Waals surface area contributed by atoms with Gasteiger partial charge in [0.15, 0.2) is 0 Å². The first-order chi connectivity index (χ1) is 13.7. The average molecular weight is 384 g/mol. The monoisotopic (exact) mass is 384 g/mol. The summed E-state index contributed by atoms with van der Waals surface area (Å²) in [7, 11) is 1.70. The molecule has 0 saturated carbocycles. The van der Waals surface area contributed by atoms with E-state index in [1.807, 2.05) is 43.3 Å². The number of amides is 2. The Kier molecular flexibility index (Phi) is 7.22. The second kappa shape index (κ2) is 10.1. The van der Waals surface area contributed by atoms with Gasteiger partial charge in [-0.2, -0.15) is 0 Å². The van der Waals surface area contributed by atoms with Crippen LogP contribution in [-0.2, 0) is 4.74 Å². The Morgan fingerprint density at radius 1 is 1.25 bits per heavy atom. The number of nitrogens with one attached hydrogen (secondary N) is 2. The summed E-state index contributed by atoms with van der Waals surface area (Å²) in [6.07, 6.45) is 0.935. The van der Waals surface area contributed by atoms with Gasteiger partial charge in [-0.05, 0) is 19.4 Å². The molecule has 1 aliphatic rings. The van der Waals surface area contributed by atoms with Crippen molar-refractivity contribution in [3.63, 3.8) is 0 Å². The van der Waals surface area contributed by atoms with Crippen LogP contribution in [0.1, 0.15) is 13.3 Å². The summed E-state index contributed by atoms with van der Waals surface area (Å²) < 4.78 is 10.6. The zero-order chi connectivity index (χ0) is 19.8. The minimum atomic E-state index is -0.221. The third-order valence-electron chi connectivity index (χ3n) is 4.68. The van der Waals surface area contributed by atoms with Crippen molar-refractivity contribution >= 4 is 11.7 Å². The van der Waals surface area contributed by atoms with E-state index in [9.17, 15) is 4.79 Å². The summed E-state index contributed by atoms with van der Waals surface area (Å²) in [5, 5.41) is 6.01. The molecule has 1 aromatic heterocycles. The van der Waals surface area contributed by atoms with E-state index in [0.29, 0.717) is 30.5 Å². The van der Waals surface area contributed by atoms with Gasteiger partial charge in [0.05, 0.1) is 24.6 Å². The van der Waals surface area contributed by atoms with Crippen molar-refractivity contribution in [3.05, 3.63) is 42.5 Å². The van der Waals surface area contributed by atoms with Crippen LogP contribution in [0.15, 0.2) is 42.5 Å². The zero-order valence-electron chi connectivity index (χ0n) is 16.5. The lowest BCUT2D eigenvalue weighted by atomic mass is 10.1. The van der Waals surface area contributed by atoms with Crippen LogP contribution >= 0.6 is 0 Å². The maximum absolute atomic E-state index is 12.6. The highest BCUT2D eigenvalue weighted by Gasteiger charge is 2.23. The van der Waals surface area contributed by atoms with Crippen LogP contribution < -0.4 is 15.4 Å². The van der Waals surface area contributed by atoms with Crippen molar-refractivity contribution in [3.8, 4) is 17.1 Å². The molecule has 150 valence electrons. The standard InChI is InChI=1S/C21H28N4O3/c1-3-28-19-10-9-18(20(24-19)16-7-5-4-6-8-16)23-21(26)22-17-11-12-25(15-17)13-14-27-2/h4-10,17H,3,11-15H2,1-2H3,(H2,22,23,26). The molecule has 1 unspecified atom stereocenters. The number of aromatic nitrogens is 1. The molecule has 1 aromatic carbocycles. The Morgan fingerprint density at radius 2 is 2.07 bits per heavy atom. The third kappa shape index (κ3) is 5.43. The van der Waals surface area contributed by atoms with Gasteiger partial charge < -0.3 is 20.1 Å². The van der Waals surface area contributed by atoms with Crippen LogP contribution in [0.4, 0.5) is 10.5 Å². The number of methoxy groups -OCH3 is 1. The van der Waals surface area contributed by atoms with E-state index in [4.69, 9.17) is 9.47 Å². The molecule has 2 N–H and O–H groups in total. The number of pyridine rings is 1. The van der Waals surface area contributed by atoms with Gasteiger partial charge >= 0.3 is 6.03 Å². The van der Waals surface area contributed by atoms with Crippen LogP contribution in [-0.4, -0.2) is 61.9 Å². The Bertz CT molecular complexity index is 770. The number of ether oxygens (including phenoxy) is 2. The van der Waals surface area contributed by atoms with Crippen LogP contribution in [0, 0.1) is 0 Å². The lowest BCUT2D eigenvalue weighted by Gasteiger charge is -2.17. The van der Waals surface area contributed by atoms with Crippen LogP contribution in [0.3, 0.4) is 0 Å². The molecule has 1 aliphatic heterocycles. The Morgan fingerprint density at radius 3 is 2.82 bits per heavy atom. The van der Waals surface area contributed by atoms with Crippen molar-refractivity contribution < 1.29 is 14.3 Å². The number of urea groups is 1. The summed E-state index contributed by atoms with van der Waals surface area (Å²) in [5.41, 5.74) is 2.27. The van der Waals surface area contributed by atoms with Crippen molar-refractivity contribution in [2.45, 2.75) is 19.4 Å². The molecule has 2 aromatic rings. The molecule has 1 saturated heterocycles. The van der Waals surface area contributed by atoms with Gasteiger partial charge in [-0.25, -0.2) is 9.78 Å². The molecule has 0 bridgehead atoms. The Hall–Kier alpha value is -2.64. The summed E-state index contributed by atoms with van der Waals surface area (Å²) in [5.74, 6) is 0.539. The lowest BCUT2D eigenvalue weighted by Crippen LogP contribution is -2.40. The van der Waals surface area contributed by atoms with E-state index in [0.717, 1.165) is 31.6 Å². The van der Waals surface area contributed by atoms with Crippen LogP contribution in [0.25, 0.3) is 11.3 Å². The number of likely N-dealkylation sites (tertiary alicyclic amines) is 1. The fraction of sp³-hybridized carbons (Fsp3) is 0.429. The summed E-state index contributed by atoms with van der Waals surface area (Å²) in [4.78, 5) is 19.4. The Labute approximate surface area is 166 Å². The van der Waals surface area contributed by atoms with Gasteiger partial charge in [0.25, 0.3) is 0 Å². The van der Waals surface area contributed by atoms with Crippen LogP contribution in [0.5, 0.6) is 5.88 Å². The molecule has 7 nitrogen and oxygen atoms in total. The van der Waals surface area contributed by atoms with Crippen molar-refractivity contribution in [1.82, 2.24) is 15.2 Å². The van der Waals surface area contributed by atoms with Crippen molar-refractivity contribution in [2.75, 3.05) is 45.3 Å². The predicted octanol–water partition coefficient (Wildman–Crippen LogP) is 2.99. The molecule has 2 heterocycles. The summed E-state index contributed by atoms with van der Waals surface area (Å²) >= 11 is 0. The van der Waals surface area contributed by atoms with E-state index in [-0.39, 0.29) is 12.1 Å². The normalized spacial score (nSPS) is 16.7. The molecule has 2 amide bonds. The Balaban J connectivity index is 1.67. The van der Waals surface area contributed by atoms with Crippen molar-refractivity contribution in [2.24, 2.45) is 0 Å². The average Bonchev–Trinajstić information content (AvgIpc) is 3.15. The van der Waals surface area contributed by atoms with E-state index in [2.05, 4.69) is 20.5 Å². The highest BCUT2D eigenvalue weighted by atomic mass is 16.5. The minimum absolute atomic E-state index is 0.132. The molecule has 1 fully saturated rings. The van der Waals surface area contributed by atoms with E-state index in [1.54, 1.807) is 13.2 Å². The highest BCUT2D eigenvalue weighted by Crippen LogP contribution is 2.28. The second-order valence-electron chi connectivity index (χ2n) is 6.72. The predicted molar refractivity (Wildman–Crippen MR) is 110 cm³/mol. The zero-order valence-corrected chi connectivity index (χ0v) is 16.5. The lowest BCUT2D eigenvalue weighted by molar-refractivity contribution is 0.160. The number of carbonyl (C=O) groups is 1. The fourth-order valence-corrected chi connectivity index (χ4v) is 3.30. The van der Waals surface area contributed by atoms with Gasteiger partial charge in [0.2, 0.25) is 5.88 Å². The van der Waals surface area contributed by atoms with E-state index < -0.39 is 0 Å². The molecule has 0 spiro atoms. The number of hydrogen-bond donors (Lipinski definition) is 2. The SMILES string of the molecule is CCOc1ccc(NC(=O)NC2CCN(CCOC)C2)c(-c2ccccc2)n1. The summed E-state index contributed by atoms with van der Waals surface area (Å²) in [6.45, 7) is 5.85. The van der Waals surface area contributed by atoms with E-state index >= 15 is 0 Å². The largest absolute Gasteiger partial charge is 0.478 e. The fourth-order valence-electron chi connectivity index (χ4n) is 3.30. The number of benzene rings is 1. The molecule has 1 atom stereocenters. The molecule has 0 aliphatic carbocycles. The molecule has 7 heteroatoms. The minimum Gasteiger partial charge on any atom is -0.478 e. The first-order valence-corrected chi connectivity index (χ1v) is 9.67. The van der Waals surface area contributed by atoms with Crippen molar-refractivity contribution in [1.29, 1.82) is 0 Å². The highest BCUT2D eigenvalue weighted by molar-refractivity contribution is 5.93. The number of nitrogens with zero attached hydrogens (tertiary/aromatic N) is 2. The van der Waals surface area contributed by atoms with Gasteiger partial charge in [-0.1, -0.05) is 30.3 Å². The molecular formula is C21H28N4O3. The second-order valence-corrected chi connectivity index (χ2v) is 6.72. The molecule has 3 rings (SSSR count). The first kappa shape index (κ1) is 20.1. The number of hydrogen-bond acceptors (Lipinski definition) is 5.